The lowest BCUT2D eigenvalue weighted by molar-refractivity contribution is -0.116. The number of ether oxygens (including phenoxy) is 1. The summed E-state index contributed by atoms with van der Waals surface area (Å²) < 4.78 is 15.5. The molecule has 6 nitrogen and oxygen atoms in total. The number of benzene rings is 1. The highest BCUT2D eigenvalue weighted by Gasteiger charge is 2.11. The number of nitrogens with zero attached hydrogens (tertiary/aromatic N) is 1. The summed E-state index contributed by atoms with van der Waals surface area (Å²) >= 11 is 0. The fraction of sp³-hybridized carbons (Fsp3) is 0.176. The van der Waals surface area contributed by atoms with Gasteiger partial charge in [-0.1, -0.05) is 17.3 Å². The zero-order valence-corrected chi connectivity index (χ0v) is 12.6. The quantitative estimate of drug-likeness (QED) is 0.753. The van der Waals surface area contributed by atoms with Crippen LogP contribution in [0.15, 0.2) is 57.7 Å². The molecule has 0 fully saturated rings. The lowest BCUT2D eigenvalue weighted by Crippen LogP contribution is -2.11. The van der Waals surface area contributed by atoms with Gasteiger partial charge in [0.15, 0.2) is 11.5 Å². The monoisotopic (exact) mass is 312 g/mol. The Morgan fingerprint density at radius 1 is 1.26 bits per heavy atom. The Bertz CT molecular complexity index is 778. The van der Waals surface area contributed by atoms with Crippen LogP contribution in [-0.2, 0) is 11.2 Å². The summed E-state index contributed by atoms with van der Waals surface area (Å²) in [5.41, 5.74) is 1.58. The first-order valence-corrected chi connectivity index (χ1v) is 7.18. The summed E-state index contributed by atoms with van der Waals surface area (Å²) in [6, 6.07) is 12.8. The van der Waals surface area contributed by atoms with E-state index in [1.165, 1.54) is 0 Å². The summed E-state index contributed by atoms with van der Waals surface area (Å²) in [6.45, 7) is 0. The minimum absolute atomic E-state index is 0.144. The lowest BCUT2D eigenvalue weighted by Gasteiger charge is -2.04. The van der Waals surface area contributed by atoms with Gasteiger partial charge in [-0.2, -0.15) is 0 Å². The smallest absolute Gasteiger partial charge is 0.231 e. The van der Waals surface area contributed by atoms with E-state index in [9.17, 15) is 4.79 Å². The molecule has 0 aliphatic carbocycles. The summed E-state index contributed by atoms with van der Waals surface area (Å²) in [5, 5.41) is 6.53. The number of carbonyl (C=O) groups excluding carboxylic acids is 1. The zero-order valence-electron chi connectivity index (χ0n) is 12.6. The highest BCUT2D eigenvalue weighted by atomic mass is 16.5. The summed E-state index contributed by atoms with van der Waals surface area (Å²) in [5.74, 6) is 1.52. The van der Waals surface area contributed by atoms with Crippen LogP contribution in [0, 0.1) is 0 Å². The third kappa shape index (κ3) is 3.79. The Morgan fingerprint density at radius 2 is 2.17 bits per heavy atom. The number of carbonyl (C=O) groups is 1. The number of rotatable bonds is 6. The molecular weight excluding hydrogens is 296 g/mol. The van der Waals surface area contributed by atoms with Crippen molar-refractivity contribution in [3.05, 3.63) is 54.3 Å². The normalized spacial score (nSPS) is 10.5. The van der Waals surface area contributed by atoms with Crippen molar-refractivity contribution in [1.29, 1.82) is 0 Å². The third-order valence-corrected chi connectivity index (χ3v) is 3.32. The zero-order chi connectivity index (χ0) is 16.1. The molecule has 3 aromatic rings. The summed E-state index contributed by atoms with van der Waals surface area (Å²) in [4.78, 5) is 12.0. The average Bonchev–Trinajstić information content (AvgIpc) is 3.24. The number of furan rings is 1. The highest BCUT2D eigenvalue weighted by Crippen LogP contribution is 2.22. The van der Waals surface area contributed by atoms with Crippen molar-refractivity contribution in [2.45, 2.75) is 12.8 Å². The van der Waals surface area contributed by atoms with Gasteiger partial charge in [-0.25, -0.2) is 0 Å². The second-order valence-corrected chi connectivity index (χ2v) is 4.95. The number of nitrogens with one attached hydrogen (secondary N) is 1. The maximum absolute atomic E-state index is 12.0. The van der Waals surface area contributed by atoms with Crippen molar-refractivity contribution in [1.82, 2.24) is 5.16 Å². The van der Waals surface area contributed by atoms with E-state index in [0.29, 0.717) is 30.2 Å². The molecule has 0 radical (unpaired) electrons. The molecule has 0 aliphatic rings. The van der Waals surface area contributed by atoms with Crippen LogP contribution in [0.3, 0.4) is 0 Å². The van der Waals surface area contributed by atoms with Gasteiger partial charge in [0.25, 0.3) is 0 Å². The molecule has 3 rings (SSSR count). The van der Waals surface area contributed by atoms with Gasteiger partial charge in [-0.05, 0) is 36.2 Å². The van der Waals surface area contributed by atoms with Gasteiger partial charge < -0.3 is 13.7 Å². The molecule has 0 atom stereocenters. The predicted molar refractivity (Wildman–Crippen MR) is 84.1 cm³/mol. The Morgan fingerprint density at radius 3 is 2.96 bits per heavy atom. The van der Waals surface area contributed by atoms with Crippen molar-refractivity contribution in [2.24, 2.45) is 0 Å². The predicted octanol–water partition coefficient (Wildman–Crippen LogP) is 3.51. The van der Waals surface area contributed by atoms with Gasteiger partial charge >= 0.3 is 0 Å². The van der Waals surface area contributed by atoms with E-state index < -0.39 is 0 Å². The number of aromatic nitrogens is 1. The molecule has 1 amide bonds. The number of aryl methyl sites for hydroxylation is 1. The van der Waals surface area contributed by atoms with Crippen molar-refractivity contribution >= 4 is 11.8 Å². The van der Waals surface area contributed by atoms with Crippen LogP contribution in [0.4, 0.5) is 5.88 Å². The van der Waals surface area contributed by atoms with Crippen LogP contribution in [0.1, 0.15) is 12.0 Å². The molecule has 0 saturated carbocycles. The van der Waals surface area contributed by atoms with Gasteiger partial charge in [-0.3, -0.25) is 10.1 Å². The van der Waals surface area contributed by atoms with Crippen LogP contribution < -0.4 is 10.1 Å². The van der Waals surface area contributed by atoms with Crippen LogP contribution in [0.2, 0.25) is 0 Å². The number of methoxy groups -OCH3 is 1. The number of amides is 1. The molecule has 2 aromatic heterocycles. The van der Waals surface area contributed by atoms with Gasteiger partial charge in [0.2, 0.25) is 11.8 Å². The molecular formula is C17H16N2O4. The third-order valence-electron chi connectivity index (χ3n) is 3.32. The Labute approximate surface area is 133 Å². The molecule has 0 aliphatic heterocycles. The molecule has 118 valence electrons. The van der Waals surface area contributed by atoms with Crippen LogP contribution in [-0.4, -0.2) is 18.2 Å². The fourth-order valence-electron chi connectivity index (χ4n) is 2.16. The molecule has 0 unspecified atom stereocenters. The largest absolute Gasteiger partial charge is 0.497 e. The molecule has 0 spiro atoms. The molecule has 2 heterocycles. The lowest BCUT2D eigenvalue weighted by atomic mass is 10.1. The Hall–Kier alpha value is -3.02. The number of hydrogen-bond acceptors (Lipinski definition) is 5. The van der Waals surface area contributed by atoms with E-state index >= 15 is 0 Å². The van der Waals surface area contributed by atoms with Crippen LogP contribution in [0.25, 0.3) is 11.5 Å². The molecule has 6 heteroatoms. The minimum atomic E-state index is -0.144. The van der Waals surface area contributed by atoms with E-state index in [0.717, 1.165) is 11.3 Å². The van der Waals surface area contributed by atoms with Crippen LogP contribution >= 0.6 is 0 Å². The molecule has 0 bridgehead atoms. The van der Waals surface area contributed by atoms with E-state index in [-0.39, 0.29) is 5.91 Å². The van der Waals surface area contributed by atoms with E-state index in [1.807, 2.05) is 24.3 Å². The summed E-state index contributed by atoms with van der Waals surface area (Å²) in [7, 11) is 1.62. The maximum Gasteiger partial charge on any atom is 0.231 e. The number of anilines is 1. The topological polar surface area (TPSA) is 77.5 Å². The van der Waals surface area contributed by atoms with Crippen LogP contribution in [0.5, 0.6) is 5.75 Å². The Kier molecular flexibility index (Phi) is 4.42. The van der Waals surface area contributed by atoms with Crippen molar-refractivity contribution in [2.75, 3.05) is 12.4 Å². The van der Waals surface area contributed by atoms with Gasteiger partial charge in [0.1, 0.15) is 5.75 Å². The standard InChI is InChI=1S/C17H16N2O4/c1-21-13-5-2-4-12(10-13)7-8-16(20)18-17-11-14(19-23-17)15-6-3-9-22-15/h2-6,9-11H,7-8H2,1H3,(H,18,20). The SMILES string of the molecule is COc1cccc(CCC(=O)Nc2cc(-c3ccco3)no2)c1. The average molecular weight is 312 g/mol. The molecule has 1 N–H and O–H groups in total. The number of hydrogen-bond donors (Lipinski definition) is 1. The van der Waals surface area contributed by atoms with Gasteiger partial charge in [-0.15, -0.1) is 0 Å². The first-order chi connectivity index (χ1) is 11.2. The van der Waals surface area contributed by atoms with E-state index in [1.54, 1.807) is 31.6 Å². The molecule has 23 heavy (non-hydrogen) atoms. The molecule has 0 saturated heterocycles. The van der Waals surface area contributed by atoms with E-state index in [4.69, 9.17) is 13.7 Å². The van der Waals surface area contributed by atoms with Crippen molar-refractivity contribution in [3.63, 3.8) is 0 Å². The summed E-state index contributed by atoms with van der Waals surface area (Å²) in [6.07, 6.45) is 2.50. The van der Waals surface area contributed by atoms with Crippen molar-refractivity contribution in [3.8, 4) is 17.2 Å². The van der Waals surface area contributed by atoms with Gasteiger partial charge in [0.05, 0.1) is 13.4 Å². The Balaban J connectivity index is 1.55. The van der Waals surface area contributed by atoms with Crippen molar-refractivity contribution < 1.29 is 18.5 Å². The first-order valence-electron chi connectivity index (χ1n) is 7.18. The van der Waals surface area contributed by atoms with E-state index in [2.05, 4.69) is 10.5 Å². The van der Waals surface area contributed by atoms with Gasteiger partial charge in [0, 0.05) is 12.5 Å². The maximum atomic E-state index is 12.0. The minimum Gasteiger partial charge on any atom is -0.497 e. The second kappa shape index (κ2) is 6.83. The first kappa shape index (κ1) is 14.9. The fourth-order valence-corrected chi connectivity index (χ4v) is 2.16. The highest BCUT2D eigenvalue weighted by molar-refractivity contribution is 5.89. The molecule has 1 aromatic carbocycles. The second-order valence-electron chi connectivity index (χ2n) is 4.95.